The topological polar surface area (TPSA) is 131 Å². The quantitative estimate of drug-likeness (QED) is 0.0895. The highest BCUT2D eigenvalue weighted by atomic mass is 32.2. The van der Waals surface area contributed by atoms with Gasteiger partial charge in [-0.2, -0.15) is 0 Å². The van der Waals surface area contributed by atoms with E-state index in [1.807, 2.05) is 30.3 Å². The molecule has 1 fully saturated rings. The normalized spacial score (nSPS) is 17.5. The SMILES string of the molecule is CCOc1cc(C2/C(=C(\O)c3ccc4c(c3)OCCO4)C(=O)C(=O)N2c2nnc(SCc3ccccc3)s2)ccc1O. The van der Waals surface area contributed by atoms with Crippen molar-refractivity contribution in [1.29, 1.82) is 0 Å². The number of benzene rings is 3. The van der Waals surface area contributed by atoms with E-state index in [0.717, 1.165) is 5.56 Å². The van der Waals surface area contributed by atoms with Crippen LogP contribution in [0.15, 0.2) is 76.6 Å². The molecule has 0 bridgehead atoms. The Morgan fingerprint density at radius 1 is 1.05 bits per heavy atom. The third-order valence-electron chi connectivity index (χ3n) is 6.67. The molecule has 1 amide bonds. The van der Waals surface area contributed by atoms with Crippen LogP contribution in [-0.4, -0.2) is 51.9 Å². The molecule has 3 heterocycles. The number of hydrogen-bond donors (Lipinski definition) is 2. The van der Waals surface area contributed by atoms with Gasteiger partial charge < -0.3 is 24.4 Å². The summed E-state index contributed by atoms with van der Waals surface area (Å²) in [6.45, 7) is 2.81. The molecule has 2 aliphatic rings. The van der Waals surface area contributed by atoms with Crippen molar-refractivity contribution in [2.75, 3.05) is 24.7 Å². The number of hydrogen-bond acceptors (Lipinski definition) is 11. The van der Waals surface area contributed by atoms with Gasteiger partial charge in [0.25, 0.3) is 5.78 Å². The van der Waals surface area contributed by atoms with Crippen LogP contribution in [0.5, 0.6) is 23.0 Å². The number of aromatic hydroxyl groups is 1. The number of phenolic OH excluding ortho intramolecular Hbond substituents is 1. The molecule has 2 N–H and O–H groups in total. The molecule has 10 nitrogen and oxygen atoms in total. The zero-order valence-corrected chi connectivity index (χ0v) is 24.0. The van der Waals surface area contributed by atoms with Gasteiger partial charge in [-0.3, -0.25) is 14.5 Å². The number of amides is 1. The minimum absolute atomic E-state index is 0.0973. The lowest BCUT2D eigenvalue weighted by atomic mass is 9.95. The van der Waals surface area contributed by atoms with Crippen molar-refractivity contribution in [3.63, 3.8) is 0 Å². The Kier molecular flexibility index (Phi) is 7.72. The summed E-state index contributed by atoms with van der Waals surface area (Å²) < 4.78 is 17.4. The maximum absolute atomic E-state index is 13.6. The van der Waals surface area contributed by atoms with Gasteiger partial charge in [-0.25, -0.2) is 0 Å². The first-order valence-corrected chi connectivity index (χ1v) is 14.9. The van der Waals surface area contributed by atoms with Crippen molar-refractivity contribution in [3.05, 3.63) is 89.0 Å². The first kappa shape index (κ1) is 27.6. The molecule has 2 aliphatic heterocycles. The Bertz CT molecular complexity index is 1690. The molecule has 1 aromatic heterocycles. The molecule has 0 saturated carbocycles. The Morgan fingerprint density at radius 3 is 2.62 bits per heavy atom. The van der Waals surface area contributed by atoms with Crippen LogP contribution >= 0.6 is 23.1 Å². The lowest BCUT2D eigenvalue weighted by Gasteiger charge is -2.23. The number of aromatic nitrogens is 2. The van der Waals surface area contributed by atoms with E-state index in [0.29, 0.717) is 40.4 Å². The van der Waals surface area contributed by atoms with Gasteiger partial charge in [0.2, 0.25) is 5.13 Å². The molecule has 3 aromatic carbocycles. The van der Waals surface area contributed by atoms with Crippen LogP contribution in [0, 0.1) is 0 Å². The summed E-state index contributed by atoms with van der Waals surface area (Å²) in [5.74, 6) is -0.457. The smallest absolute Gasteiger partial charge is 0.301 e. The molecule has 4 aromatic rings. The van der Waals surface area contributed by atoms with Crippen molar-refractivity contribution in [3.8, 4) is 23.0 Å². The van der Waals surface area contributed by atoms with Gasteiger partial charge in [0.1, 0.15) is 19.0 Å². The number of ketones is 1. The molecule has 42 heavy (non-hydrogen) atoms. The number of carbonyl (C=O) groups excluding carboxylic acids is 2. The zero-order chi connectivity index (χ0) is 29.2. The highest BCUT2D eigenvalue weighted by Gasteiger charge is 2.48. The fourth-order valence-corrected chi connectivity index (χ4v) is 6.56. The summed E-state index contributed by atoms with van der Waals surface area (Å²) in [5.41, 5.74) is 1.68. The van der Waals surface area contributed by atoms with E-state index in [-0.39, 0.29) is 40.1 Å². The van der Waals surface area contributed by atoms with Crippen LogP contribution in [0.2, 0.25) is 0 Å². The maximum atomic E-state index is 13.6. The summed E-state index contributed by atoms with van der Waals surface area (Å²) in [6.07, 6.45) is 0. The molecular formula is C30H25N3O7S2. The largest absolute Gasteiger partial charge is 0.507 e. The van der Waals surface area contributed by atoms with Crippen molar-refractivity contribution in [2.24, 2.45) is 0 Å². The highest BCUT2D eigenvalue weighted by Crippen LogP contribution is 2.46. The number of anilines is 1. The van der Waals surface area contributed by atoms with Crippen molar-refractivity contribution < 1.29 is 34.0 Å². The molecule has 0 radical (unpaired) electrons. The molecule has 0 aliphatic carbocycles. The third kappa shape index (κ3) is 5.26. The number of carbonyl (C=O) groups is 2. The van der Waals surface area contributed by atoms with Gasteiger partial charge in [-0.15, -0.1) is 10.2 Å². The Hall–Kier alpha value is -4.55. The number of rotatable bonds is 8. The van der Waals surface area contributed by atoms with Gasteiger partial charge in [0.05, 0.1) is 18.2 Å². The predicted octanol–water partition coefficient (Wildman–Crippen LogP) is 5.33. The molecule has 12 heteroatoms. The number of thioether (sulfide) groups is 1. The number of ether oxygens (including phenoxy) is 3. The van der Waals surface area contributed by atoms with E-state index >= 15 is 0 Å². The van der Waals surface area contributed by atoms with E-state index in [1.54, 1.807) is 37.3 Å². The summed E-state index contributed by atoms with van der Waals surface area (Å²) in [4.78, 5) is 28.4. The summed E-state index contributed by atoms with van der Waals surface area (Å²) in [6, 6.07) is 18.1. The summed E-state index contributed by atoms with van der Waals surface area (Å²) in [7, 11) is 0. The average Bonchev–Trinajstić information content (AvgIpc) is 3.59. The van der Waals surface area contributed by atoms with Gasteiger partial charge in [0, 0.05) is 11.3 Å². The van der Waals surface area contributed by atoms with E-state index in [4.69, 9.17) is 14.2 Å². The second-order valence-electron chi connectivity index (χ2n) is 9.31. The van der Waals surface area contributed by atoms with Gasteiger partial charge in [-0.05, 0) is 48.4 Å². The molecule has 1 atom stereocenters. The van der Waals surface area contributed by atoms with Crippen molar-refractivity contribution in [2.45, 2.75) is 23.1 Å². The van der Waals surface area contributed by atoms with E-state index < -0.39 is 17.7 Å². The molecule has 1 saturated heterocycles. The van der Waals surface area contributed by atoms with Gasteiger partial charge in [0.15, 0.2) is 27.3 Å². The molecule has 214 valence electrons. The first-order valence-electron chi connectivity index (χ1n) is 13.1. The highest BCUT2D eigenvalue weighted by molar-refractivity contribution is 8.00. The lowest BCUT2D eigenvalue weighted by molar-refractivity contribution is -0.132. The fraction of sp³-hybridized carbons (Fsp3) is 0.200. The Morgan fingerprint density at radius 2 is 1.83 bits per heavy atom. The van der Waals surface area contributed by atoms with Crippen LogP contribution < -0.4 is 19.1 Å². The van der Waals surface area contributed by atoms with E-state index in [1.165, 1.54) is 34.1 Å². The van der Waals surface area contributed by atoms with E-state index in [9.17, 15) is 19.8 Å². The minimum Gasteiger partial charge on any atom is -0.507 e. The van der Waals surface area contributed by atoms with Crippen LogP contribution in [0.4, 0.5) is 5.13 Å². The van der Waals surface area contributed by atoms with Crippen LogP contribution in [0.3, 0.4) is 0 Å². The Labute approximate surface area is 249 Å². The monoisotopic (exact) mass is 603 g/mol. The zero-order valence-electron chi connectivity index (χ0n) is 22.4. The maximum Gasteiger partial charge on any atom is 0.301 e. The molecule has 6 rings (SSSR count). The molecule has 0 spiro atoms. The minimum atomic E-state index is -1.07. The standard InChI is InChI=1S/C30H25N3O7S2/c1-2-38-22-14-18(8-10-20(22)34)25-24(26(35)19-9-11-21-23(15-19)40-13-12-39-21)27(36)28(37)33(25)29-31-32-30(42-29)41-16-17-6-4-3-5-7-17/h3-11,14-15,25,34-35H,2,12-13,16H2,1H3/b26-24+. The van der Waals surface area contributed by atoms with Crippen molar-refractivity contribution >= 4 is 45.7 Å². The van der Waals surface area contributed by atoms with Crippen LogP contribution in [0.25, 0.3) is 5.76 Å². The average molecular weight is 604 g/mol. The fourth-order valence-electron chi connectivity index (χ4n) is 4.74. The molecule has 1 unspecified atom stereocenters. The number of aliphatic hydroxyl groups is 1. The first-order chi connectivity index (χ1) is 20.4. The summed E-state index contributed by atoms with van der Waals surface area (Å²) in [5, 5.41) is 30.6. The predicted molar refractivity (Wildman–Crippen MR) is 157 cm³/mol. The van der Waals surface area contributed by atoms with Gasteiger partial charge in [-0.1, -0.05) is 59.5 Å². The lowest BCUT2D eigenvalue weighted by Crippen LogP contribution is -2.29. The Balaban J connectivity index is 1.43. The second kappa shape index (κ2) is 11.7. The number of Topliss-reactive ketones (excluding diaryl/α,β-unsaturated/α-hetero) is 1. The van der Waals surface area contributed by atoms with Crippen LogP contribution in [0.1, 0.15) is 29.7 Å². The van der Waals surface area contributed by atoms with E-state index in [2.05, 4.69) is 10.2 Å². The van der Waals surface area contributed by atoms with Crippen molar-refractivity contribution in [1.82, 2.24) is 10.2 Å². The number of nitrogens with zero attached hydrogens (tertiary/aromatic N) is 3. The third-order valence-corrected chi connectivity index (χ3v) is 8.79. The second-order valence-corrected chi connectivity index (χ2v) is 11.5. The number of aliphatic hydroxyl groups excluding tert-OH is 1. The number of fused-ring (bicyclic) bond motifs is 1. The van der Waals surface area contributed by atoms with Gasteiger partial charge >= 0.3 is 5.91 Å². The molecular weight excluding hydrogens is 578 g/mol. The van der Waals surface area contributed by atoms with Crippen LogP contribution in [-0.2, 0) is 15.3 Å². The summed E-state index contributed by atoms with van der Waals surface area (Å²) >= 11 is 2.63. The number of phenols is 1.